The molecule has 1 aliphatic heterocycles. The van der Waals surface area contributed by atoms with Crippen LogP contribution in [0.15, 0.2) is 54.6 Å². The fourth-order valence-electron chi connectivity index (χ4n) is 11.8. The summed E-state index contributed by atoms with van der Waals surface area (Å²) in [6.07, 6.45) is -4.59. The molecule has 1 saturated heterocycles. The van der Waals surface area contributed by atoms with Gasteiger partial charge in [0.05, 0.1) is 25.7 Å². The van der Waals surface area contributed by atoms with Crippen molar-refractivity contribution < 1.29 is 76.3 Å². The number of alkyl carbamates (subject to hydrolysis) is 2. The first-order valence-electron chi connectivity index (χ1n) is 31.5. The molecule has 498 valence electrons. The van der Waals surface area contributed by atoms with Gasteiger partial charge in [-0.05, 0) is 105 Å². The van der Waals surface area contributed by atoms with Gasteiger partial charge in [-0.25, -0.2) is 14.4 Å². The van der Waals surface area contributed by atoms with Crippen LogP contribution >= 0.6 is 0 Å². The number of methoxy groups -OCH3 is 2. The van der Waals surface area contributed by atoms with E-state index in [1.54, 1.807) is 52.0 Å². The minimum absolute atomic E-state index is 0.0131. The second kappa shape index (κ2) is 36.1. The number of rotatable bonds is 35. The molecular formula is C66H109N5O16Si. The molecule has 0 aliphatic carbocycles. The predicted molar refractivity (Wildman–Crippen MR) is 339 cm³/mol. The van der Waals surface area contributed by atoms with Crippen molar-refractivity contribution in [3.8, 4) is 5.75 Å². The van der Waals surface area contributed by atoms with Crippen LogP contribution in [0.5, 0.6) is 5.75 Å². The summed E-state index contributed by atoms with van der Waals surface area (Å²) in [4.78, 5) is 105. The van der Waals surface area contributed by atoms with E-state index in [2.05, 4.69) is 57.5 Å². The molecule has 0 saturated carbocycles. The number of hydrogen-bond acceptors (Lipinski definition) is 16. The Kier molecular flexibility index (Phi) is 31.4. The van der Waals surface area contributed by atoms with Gasteiger partial charge in [-0.15, -0.1) is 0 Å². The number of hydrogen-bond donors (Lipinski definition) is 4. The monoisotopic (exact) mass is 1260 g/mol. The summed E-state index contributed by atoms with van der Waals surface area (Å²) >= 11 is 0. The van der Waals surface area contributed by atoms with E-state index in [1.165, 1.54) is 38.0 Å². The van der Waals surface area contributed by atoms with Gasteiger partial charge in [0.1, 0.15) is 67.2 Å². The largest absolute Gasteiger partial charge is 0.497 e. The van der Waals surface area contributed by atoms with Gasteiger partial charge in [-0.3, -0.25) is 19.2 Å². The molecule has 5 amide bonds. The van der Waals surface area contributed by atoms with Crippen LogP contribution in [-0.2, 0) is 69.8 Å². The zero-order valence-corrected chi connectivity index (χ0v) is 57.5. The molecule has 0 spiro atoms. The number of esters is 2. The topological polar surface area (TPSA) is 256 Å². The molecule has 0 radical (unpaired) electrons. The summed E-state index contributed by atoms with van der Waals surface area (Å²) in [6, 6.07) is 10.1. The number of benzene rings is 2. The van der Waals surface area contributed by atoms with Crippen molar-refractivity contribution in [2.45, 2.75) is 240 Å². The minimum atomic E-state index is -2.88. The molecule has 2 aromatic carbocycles. The smallest absolute Gasteiger partial charge is 0.408 e. The van der Waals surface area contributed by atoms with Crippen LogP contribution in [0.1, 0.15) is 161 Å². The Labute approximate surface area is 526 Å². The van der Waals surface area contributed by atoms with Gasteiger partial charge < -0.3 is 68.4 Å². The zero-order chi connectivity index (χ0) is 66.4. The molecule has 1 heterocycles. The van der Waals surface area contributed by atoms with E-state index in [1.807, 2.05) is 71.9 Å². The maximum atomic E-state index is 15.4. The molecule has 1 aliphatic rings. The van der Waals surface area contributed by atoms with Crippen molar-refractivity contribution in [3.05, 3.63) is 65.7 Å². The fraction of sp³-hybridized carbons (Fsp3) is 0.712. The van der Waals surface area contributed by atoms with Crippen LogP contribution in [0.3, 0.4) is 0 Å². The van der Waals surface area contributed by atoms with Crippen LogP contribution in [0, 0.1) is 23.7 Å². The van der Waals surface area contributed by atoms with Crippen molar-refractivity contribution in [2.75, 3.05) is 41.2 Å². The number of nitrogens with one attached hydrogen (secondary N) is 3. The third kappa shape index (κ3) is 22.6. The Bertz CT molecular complexity index is 2470. The Morgan fingerprint density at radius 1 is 0.761 bits per heavy atom. The van der Waals surface area contributed by atoms with Crippen molar-refractivity contribution in [1.82, 2.24) is 25.8 Å². The first kappa shape index (κ1) is 76.4. The Morgan fingerprint density at radius 3 is 1.90 bits per heavy atom. The number of carbonyl (C=O) groups excluding carboxylic acids is 7. The van der Waals surface area contributed by atoms with Gasteiger partial charge in [-0.1, -0.05) is 139 Å². The molecule has 4 N–H and O–H groups in total. The SMILES string of the molecule is CC[C@H](C)[C@@H](NC(=O)[C@@H](NC(=O)OC(C)(C)C)[C@@H](C)OC(=O)[C@H](Cc1ccc(OC)cc1)N(C)C(=O)[C@@H]1CCCN1C(=O)[C@H](CC(C)C)NC(=O)OCc1ccccc1)[C@H](CC(=O)O[C@@H](C(C)C)[C@@H](OCOC)[C@H](C)CO)O[Si](C(C)C)(C(C)C)C(C)C. The maximum absolute atomic E-state index is 15.4. The Balaban J connectivity index is 2.15. The van der Waals surface area contributed by atoms with Crippen molar-refractivity contribution >= 4 is 50.2 Å². The van der Waals surface area contributed by atoms with E-state index in [-0.39, 0.29) is 86.6 Å². The van der Waals surface area contributed by atoms with E-state index in [0.717, 1.165) is 5.56 Å². The summed E-state index contributed by atoms with van der Waals surface area (Å²) in [5.74, 6) is -3.88. The van der Waals surface area contributed by atoms with E-state index in [9.17, 15) is 24.3 Å². The van der Waals surface area contributed by atoms with Crippen molar-refractivity contribution in [1.29, 1.82) is 0 Å². The van der Waals surface area contributed by atoms with E-state index >= 15 is 14.4 Å². The summed E-state index contributed by atoms with van der Waals surface area (Å²) in [7, 11) is 1.58. The highest BCUT2D eigenvalue weighted by atomic mass is 28.4. The number of carbonyl (C=O) groups is 7. The highest BCUT2D eigenvalue weighted by molar-refractivity contribution is 6.77. The highest BCUT2D eigenvalue weighted by Crippen LogP contribution is 2.44. The second-order valence-electron chi connectivity index (χ2n) is 26.4. The predicted octanol–water partition coefficient (Wildman–Crippen LogP) is 9.89. The average molecular weight is 1260 g/mol. The maximum Gasteiger partial charge on any atom is 0.408 e. The third-order valence-electron chi connectivity index (χ3n) is 16.6. The van der Waals surface area contributed by atoms with Crippen LogP contribution in [0.2, 0.25) is 16.6 Å². The number of likely N-dealkylation sites (tertiary alicyclic amines) is 1. The summed E-state index contributed by atoms with van der Waals surface area (Å²) in [5, 5.41) is 18.9. The molecular weight excluding hydrogens is 1150 g/mol. The molecule has 3 rings (SSSR count). The lowest BCUT2D eigenvalue weighted by atomic mass is 9.91. The molecule has 22 heteroatoms. The average Bonchev–Trinajstić information content (AvgIpc) is 1.52. The summed E-state index contributed by atoms with van der Waals surface area (Å²) in [6.45, 7) is 32.3. The normalized spacial score (nSPS) is 17.2. The van der Waals surface area contributed by atoms with Gasteiger partial charge in [-0.2, -0.15) is 0 Å². The zero-order valence-electron chi connectivity index (χ0n) is 56.5. The number of amides is 5. The first-order valence-corrected chi connectivity index (χ1v) is 33.7. The van der Waals surface area contributed by atoms with E-state index in [0.29, 0.717) is 24.2 Å². The highest BCUT2D eigenvalue weighted by Gasteiger charge is 2.50. The van der Waals surface area contributed by atoms with Crippen molar-refractivity contribution in [3.63, 3.8) is 0 Å². The molecule has 0 bridgehead atoms. The van der Waals surface area contributed by atoms with Gasteiger partial charge in [0.2, 0.25) is 26.0 Å². The molecule has 11 atom stereocenters. The van der Waals surface area contributed by atoms with Gasteiger partial charge in [0, 0.05) is 39.6 Å². The van der Waals surface area contributed by atoms with Crippen LogP contribution in [-0.4, -0.2) is 167 Å². The number of nitrogens with zero attached hydrogens (tertiary/aromatic N) is 2. The lowest BCUT2D eigenvalue weighted by Crippen LogP contribution is -2.62. The third-order valence-corrected chi connectivity index (χ3v) is 22.7. The van der Waals surface area contributed by atoms with E-state index < -0.39 is 116 Å². The molecule has 21 nitrogen and oxygen atoms in total. The van der Waals surface area contributed by atoms with Crippen molar-refractivity contribution in [2.24, 2.45) is 23.7 Å². The second-order valence-corrected chi connectivity index (χ2v) is 31.8. The molecule has 1 fully saturated rings. The Hall–Kier alpha value is -5.81. The van der Waals surface area contributed by atoms with Gasteiger partial charge >= 0.3 is 24.1 Å². The molecule has 2 aromatic rings. The van der Waals surface area contributed by atoms with Gasteiger partial charge in [0.15, 0.2) is 0 Å². The molecule has 0 unspecified atom stereocenters. The van der Waals surface area contributed by atoms with E-state index in [4.69, 9.17) is 37.6 Å². The standard InChI is InChI=1S/C66H109N5O16Si/c1-21-45(12)56(54(87-88(42(6)7,43(8)9)44(10)11)36-55(73)85-58(41(4)5)59(46(13)37-72)83-39-80-19)68-60(74)57(69-65(79)86-66(15,16)17)47(14)84-63(77)53(35-48-29-31-50(81-20)32-30-48)70(18)62(76)52-28-25-33-71(52)61(75)51(34-40(2)3)67-64(78)82-38-49-26-23-22-24-27-49/h22-24,26-27,29-32,40-47,51-54,56-59,72H,21,25,28,33-39H2,1-20H3,(H,67,78)(H,68,74)(H,69,79)/t45-,46+,47+,51-,52-,53-,54-,56+,57-,58-,59-/m0/s1. The summed E-state index contributed by atoms with van der Waals surface area (Å²) in [5.41, 5.74) is 0.520. The van der Waals surface area contributed by atoms with Crippen LogP contribution in [0.4, 0.5) is 9.59 Å². The number of likely N-dealkylation sites (N-methyl/N-ethyl adjacent to an activating group) is 1. The lowest BCUT2D eigenvalue weighted by Gasteiger charge is -2.47. The summed E-state index contributed by atoms with van der Waals surface area (Å²) < 4.78 is 48.0. The quantitative estimate of drug-likeness (QED) is 0.0217. The van der Waals surface area contributed by atoms with Crippen LogP contribution in [0.25, 0.3) is 0 Å². The number of aliphatic hydroxyl groups excluding tert-OH is 1. The van der Waals surface area contributed by atoms with Crippen LogP contribution < -0.4 is 20.7 Å². The first-order chi connectivity index (χ1) is 41.3. The minimum Gasteiger partial charge on any atom is -0.497 e. The molecule has 88 heavy (non-hydrogen) atoms. The van der Waals surface area contributed by atoms with Gasteiger partial charge in [0.25, 0.3) is 0 Å². The lowest BCUT2D eigenvalue weighted by molar-refractivity contribution is -0.181. The molecule has 0 aromatic heterocycles. The fourth-order valence-corrected chi connectivity index (χ4v) is 17.4. The number of ether oxygens (including phenoxy) is 7. The Morgan fingerprint density at radius 2 is 1.38 bits per heavy atom. The number of aliphatic hydroxyl groups is 1.